The fourth-order valence-electron chi connectivity index (χ4n) is 2.12. The van der Waals surface area contributed by atoms with Gasteiger partial charge in [-0.05, 0) is 32.3 Å². The molecule has 0 aromatic heterocycles. The molecule has 0 aliphatic heterocycles. The normalized spacial score (nSPS) is 12.1. The Labute approximate surface area is 141 Å². The highest BCUT2D eigenvalue weighted by molar-refractivity contribution is 5.69. The van der Waals surface area contributed by atoms with Crippen molar-refractivity contribution in [3.8, 4) is 0 Å². The van der Waals surface area contributed by atoms with Crippen LogP contribution in [0.15, 0.2) is 30.3 Å². The Bertz CT molecular complexity index is 545. The van der Waals surface area contributed by atoms with Crippen molar-refractivity contribution in [2.75, 3.05) is 6.54 Å². The molecule has 0 saturated carbocycles. The largest absolute Gasteiger partial charge is 0.465 e. The van der Waals surface area contributed by atoms with Gasteiger partial charge in [-0.1, -0.05) is 30.3 Å². The number of carbonyl (C=O) groups excluding carboxylic acids is 2. The minimum absolute atomic E-state index is 0.0152. The minimum atomic E-state index is -1.25. The van der Waals surface area contributed by atoms with Crippen molar-refractivity contribution >= 4 is 18.5 Å². The zero-order valence-electron chi connectivity index (χ0n) is 14.0. The van der Waals surface area contributed by atoms with Gasteiger partial charge >= 0.3 is 12.2 Å². The molecule has 7 nitrogen and oxygen atoms in total. The Morgan fingerprint density at radius 3 is 2.54 bits per heavy atom. The Morgan fingerprint density at radius 1 is 1.29 bits per heavy atom. The second-order valence-electron chi connectivity index (χ2n) is 6.06. The number of ether oxygens (including phenoxy) is 1. The highest BCUT2D eigenvalue weighted by Crippen LogP contribution is 2.18. The van der Waals surface area contributed by atoms with Gasteiger partial charge < -0.3 is 25.3 Å². The van der Waals surface area contributed by atoms with Gasteiger partial charge in [-0.3, -0.25) is 0 Å². The van der Waals surface area contributed by atoms with E-state index in [1.807, 2.05) is 44.2 Å². The number of nitrogens with one attached hydrogen (secondary N) is 2. The number of aldehydes is 1. The maximum absolute atomic E-state index is 11.9. The van der Waals surface area contributed by atoms with E-state index >= 15 is 0 Å². The minimum Gasteiger partial charge on any atom is -0.465 e. The second kappa shape index (κ2) is 9.54. The standard InChI is InChI=1S/C17H24N2O5/c1-17(2,10-8-13-6-4-3-5-7-13)24-16(23)18-12-14(9-11-20)19-15(21)22/h3-7,11,14,19H,8-10,12H2,1-2H3,(H,18,23)(H,21,22)/t14-/m0/s1. The molecule has 1 aromatic carbocycles. The van der Waals surface area contributed by atoms with Crippen molar-refractivity contribution in [3.63, 3.8) is 0 Å². The van der Waals surface area contributed by atoms with Crippen LogP contribution in [0, 0.1) is 0 Å². The van der Waals surface area contributed by atoms with Gasteiger partial charge in [-0.2, -0.15) is 0 Å². The molecule has 0 bridgehead atoms. The van der Waals surface area contributed by atoms with Crippen LogP contribution in [0.1, 0.15) is 32.3 Å². The Balaban J connectivity index is 2.41. The number of rotatable bonds is 9. The molecule has 0 saturated heterocycles. The van der Waals surface area contributed by atoms with Crippen LogP contribution in [0.25, 0.3) is 0 Å². The highest BCUT2D eigenvalue weighted by Gasteiger charge is 2.23. The molecule has 0 spiro atoms. The molecule has 0 aliphatic rings. The molecule has 0 heterocycles. The molecule has 0 fully saturated rings. The maximum atomic E-state index is 11.9. The fraction of sp³-hybridized carbons (Fsp3) is 0.471. The summed E-state index contributed by atoms with van der Waals surface area (Å²) in [6.45, 7) is 3.61. The highest BCUT2D eigenvalue weighted by atomic mass is 16.6. The van der Waals surface area contributed by atoms with Crippen molar-refractivity contribution in [1.82, 2.24) is 10.6 Å². The Kier molecular flexibility index (Phi) is 7.74. The molecule has 3 N–H and O–H groups in total. The first-order valence-electron chi connectivity index (χ1n) is 7.76. The van der Waals surface area contributed by atoms with Crippen LogP contribution in [-0.4, -0.2) is 41.8 Å². The molecule has 0 unspecified atom stereocenters. The summed E-state index contributed by atoms with van der Waals surface area (Å²) in [5, 5.41) is 13.3. The zero-order valence-corrected chi connectivity index (χ0v) is 14.0. The van der Waals surface area contributed by atoms with Gasteiger partial charge in [0.05, 0.1) is 6.04 Å². The van der Waals surface area contributed by atoms with E-state index in [-0.39, 0.29) is 13.0 Å². The Hall–Kier alpha value is -2.57. The summed E-state index contributed by atoms with van der Waals surface area (Å²) in [4.78, 5) is 33.0. The average Bonchev–Trinajstić information content (AvgIpc) is 2.51. The first kappa shape index (κ1) is 19.5. The van der Waals surface area contributed by atoms with Gasteiger partial charge in [-0.15, -0.1) is 0 Å². The fourth-order valence-corrected chi connectivity index (χ4v) is 2.12. The molecular weight excluding hydrogens is 312 g/mol. The quantitative estimate of drug-likeness (QED) is 0.600. The van der Waals surface area contributed by atoms with Crippen molar-refractivity contribution in [3.05, 3.63) is 35.9 Å². The SMILES string of the molecule is CC(C)(CCc1ccccc1)OC(=O)NC[C@H](CC=O)NC(=O)O. The summed E-state index contributed by atoms with van der Waals surface area (Å²) < 4.78 is 5.38. The topological polar surface area (TPSA) is 105 Å². The van der Waals surface area contributed by atoms with E-state index in [2.05, 4.69) is 10.6 Å². The summed E-state index contributed by atoms with van der Waals surface area (Å²) in [7, 11) is 0. The number of hydrogen-bond acceptors (Lipinski definition) is 4. The molecule has 1 aromatic rings. The number of amides is 2. The summed E-state index contributed by atoms with van der Waals surface area (Å²) >= 11 is 0. The lowest BCUT2D eigenvalue weighted by Crippen LogP contribution is -2.45. The molecule has 1 atom stereocenters. The van der Waals surface area contributed by atoms with Crippen LogP contribution in [0.4, 0.5) is 9.59 Å². The maximum Gasteiger partial charge on any atom is 0.407 e. The third-order valence-electron chi connectivity index (χ3n) is 3.43. The van der Waals surface area contributed by atoms with Crippen LogP contribution in [0.5, 0.6) is 0 Å². The van der Waals surface area contributed by atoms with E-state index < -0.39 is 23.8 Å². The predicted molar refractivity (Wildman–Crippen MR) is 89.0 cm³/mol. The van der Waals surface area contributed by atoms with Gasteiger partial charge in [0, 0.05) is 13.0 Å². The monoisotopic (exact) mass is 336 g/mol. The van der Waals surface area contributed by atoms with Gasteiger partial charge in [0.1, 0.15) is 11.9 Å². The van der Waals surface area contributed by atoms with Crippen LogP contribution < -0.4 is 10.6 Å². The molecule has 24 heavy (non-hydrogen) atoms. The van der Waals surface area contributed by atoms with Gasteiger partial charge in [0.2, 0.25) is 0 Å². The lowest BCUT2D eigenvalue weighted by molar-refractivity contribution is -0.108. The van der Waals surface area contributed by atoms with E-state index in [0.29, 0.717) is 12.7 Å². The number of carbonyl (C=O) groups is 3. The molecule has 7 heteroatoms. The van der Waals surface area contributed by atoms with Crippen LogP contribution in [0.2, 0.25) is 0 Å². The second-order valence-corrected chi connectivity index (χ2v) is 6.06. The van der Waals surface area contributed by atoms with Crippen molar-refractivity contribution in [1.29, 1.82) is 0 Å². The van der Waals surface area contributed by atoms with Crippen molar-refractivity contribution < 1.29 is 24.2 Å². The van der Waals surface area contributed by atoms with Gasteiger partial charge in [0.25, 0.3) is 0 Å². The van der Waals surface area contributed by atoms with Gasteiger partial charge in [-0.25, -0.2) is 9.59 Å². The lowest BCUT2D eigenvalue weighted by Gasteiger charge is -2.26. The van der Waals surface area contributed by atoms with E-state index in [0.717, 1.165) is 12.0 Å². The van der Waals surface area contributed by atoms with E-state index in [4.69, 9.17) is 9.84 Å². The zero-order chi connectivity index (χ0) is 18.0. The summed E-state index contributed by atoms with van der Waals surface area (Å²) in [5.41, 5.74) is 0.492. The van der Waals surface area contributed by atoms with Crippen molar-refractivity contribution in [2.24, 2.45) is 0 Å². The summed E-state index contributed by atoms with van der Waals surface area (Å²) in [6.07, 6.45) is 0.100. The third-order valence-corrected chi connectivity index (χ3v) is 3.43. The number of alkyl carbamates (subject to hydrolysis) is 1. The molecule has 0 aliphatic carbocycles. The molecular formula is C17H24N2O5. The van der Waals surface area contributed by atoms with Gasteiger partial charge in [0.15, 0.2) is 0 Å². The van der Waals surface area contributed by atoms with Crippen LogP contribution in [0.3, 0.4) is 0 Å². The summed E-state index contributed by atoms with van der Waals surface area (Å²) in [5.74, 6) is 0. The van der Waals surface area contributed by atoms with E-state index in [1.165, 1.54) is 0 Å². The van der Waals surface area contributed by atoms with Crippen LogP contribution in [-0.2, 0) is 16.0 Å². The number of aryl methyl sites for hydroxylation is 1. The molecule has 2 amide bonds. The summed E-state index contributed by atoms with van der Waals surface area (Å²) in [6, 6.07) is 9.20. The number of benzene rings is 1. The molecule has 132 valence electrons. The van der Waals surface area contributed by atoms with E-state index in [1.54, 1.807) is 0 Å². The first-order valence-corrected chi connectivity index (χ1v) is 7.76. The number of hydrogen-bond donors (Lipinski definition) is 3. The predicted octanol–water partition coefficient (Wildman–Crippen LogP) is 2.35. The van der Waals surface area contributed by atoms with Crippen LogP contribution >= 0.6 is 0 Å². The first-order chi connectivity index (χ1) is 11.3. The average molecular weight is 336 g/mol. The molecule has 0 radical (unpaired) electrons. The van der Waals surface area contributed by atoms with Crippen molar-refractivity contribution in [2.45, 2.75) is 44.8 Å². The third kappa shape index (κ3) is 8.17. The Morgan fingerprint density at radius 2 is 1.96 bits per heavy atom. The smallest absolute Gasteiger partial charge is 0.407 e. The van der Waals surface area contributed by atoms with E-state index in [9.17, 15) is 14.4 Å². The lowest BCUT2D eigenvalue weighted by atomic mass is 9.99. The number of carboxylic acid groups (broad SMARTS) is 1. The molecule has 1 rings (SSSR count).